The minimum Gasteiger partial charge on any atom is -0.423 e. The molecule has 1 heterocycles. The van der Waals surface area contributed by atoms with Crippen LogP contribution < -0.4 is 5.46 Å². The van der Waals surface area contributed by atoms with Gasteiger partial charge in [0.1, 0.15) is 12.4 Å². The Bertz CT molecular complexity index is 568. The smallest absolute Gasteiger partial charge is 0.423 e. The third-order valence-corrected chi connectivity index (χ3v) is 2.78. The zero-order valence-corrected chi connectivity index (χ0v) is 10.0. The summed E-state index contributed by atoms with van der Waals surface area (Å²) in [7, 11) is -1.48. The summed E-state index contributed by atoms with van der Waals surface area (Å²) in [6.45, 7) is 0.442. The van der Waals surface area contributed by atoms with E-state index < -0.39 is 12.0 Å². The van der Waals surface area contributed by atoms with E-state index in [0.717, 1.165) is 5.56 Å². The quantitative estimate of drug-likeness (QED) is 0.437. The number of aryl methyl sites for hydroxylation is 2. The molecule has 0 amide bonds. The van der Waals surface area contributed by atoms with Crippen molar-refractivity contribution in [1.82, 2.24) is 9.55 Å². The van der Waals surface area contributed by atoms with Crippen molar-refractivity contribution in [2.75, 3.05) is 0 Å². The van der Waals surface area contributed by atoms with E-state index in [-0.39, 0.29) is 5.95 Å². The second-order valence-electron chi connectivity index (χ2n) is 4.04. The highest BCUT2D eigenvalue weighted by atomic mass is 16.6. The average Bonchev–Trinajstić information content (AvgIpc) is 2.85. The van der Waals surface area contributed by atoms with E-state index >= 15 is 0 Å². The van der Waals surface area contributed by atoms with Gasteiger partial charge in [-0.3, -0.25) is 0 Å². The molecule has 0 aliphatic carbocycles. The first-order valence-electron chi connectivity index (χ1n) is 5.68. The molecule has 19 heavy (non-hydrogen) atoms. The number of nitro groups is 1. The number of benzene rings is 1. The van der Waals surface area contributed by atoms with E-state index in [9.17, 15) is 10.1 Å². The van der Waals surface area contributed by atoms with Crippen molar-refractivity contribution in [1.29, 1.82) is 0 Å². The van der Waals surface area contributed by atoms with Gasteiger partial charge < -0.3 is 20.2 Å². The minimum absolute atomic E-state index is 0.178. The van der Waals surface area contributed by atoms with Crippen LogP contribution in [0.3, 0.4) is 0 Å². The average molecular weight is 261 g/mol. The Morgan fingerprint density at radius 3 is 2.58 bits per heavy atom. The van der Waals surface area contributed by atoms with Gasteiger partial charge >= 0.3 is 13.1 Å². The molecule has 0 radical (unpaired) electrons. The lowest BCUT2D eigenvalue weighted by Crippen LogP contribution is -2.29. The van der Waals surface area contributed by atoms with Crippen molar-refractivity contribution in [3.8, 4) is 0 Å². The maximum atomic E-state index is 10.7. The number of rotatable bonds is 5. The van der Waals surface area contributed by atoms with Crippen LogP contribution in [0.4, 0.5) is 5.95 Å². The predicted octanol–water partition coefficient (Wildman–Crippen LogP) is -0.286. The van der Waals surface area contributed by atoms with Crippen molar-refractivity contribution in [2.24, 2.45) is 0 Å². The molecule has 1 aromatic carbocycles. The summed E-state index contributed by atoms with van der Waals surface area (Å²) in [6.07, 6.45) is 3.55. The van der Waals surface area contributed by atoms with Gasteiger partial charge in [0.25, 0.3) is 0 Å². The lowest BCUT2D eigenvalue weighted by Gasteiger charge is -2.04. The van der Waals surface area contributed by atoms with Gasteiger partial charge in [-0.1, -0.05) is 29.2 Å². The SMILES string of the molecule is O=[N+]([O-])c1nccn1CCc1ccc(B(O)O)cc1. The summed E-state index contributed by atoms with van der Waals surface area (Å²) in [4.78, 5) is 13.8. The van der Waals surface area contributed by atoms with Crippen LogP contribution >= 0.6 is 0 Å². The highest BCUT2D eigenvalue weighted by Gasteiger charge is 2.14. The molecule has 2 N–H and O–H groups in total. The molecule has 2 aromatic rings. The molecule has 8 heteroatoms. The largest absolute Gasteiger partial charge is 0.488 e. The zero-order chi connectivity index (χ0) is 13.8. The van der Waals surface area contributed by atoms with Crippen LogP contribution in [-0.2, 0) is 13.0 Å². The third kappa shape index (κ3) is 3.18. The molecule has 0 bridgehead atoms. The first kappa shape index (κ1) is 13.3. The Labute approximate surface area is 109 Å². The molecule has 0 spiro atoms. The van der Waals surface area contributed by atoms with Crippen molar-refractivity contribution in [3.05, 3.63) is 52.3 Å². The van der Waals surface area contributed by atoms with Crippen molar-refractivity contribution in [3.63, 3.8) is 0 Å². The normalized spacial score (nSPS) is 10.4. The second kappa shape index (κ2) is 5.64. The first-order valence-corrected chi connectivity index (χ1v) is 5.68. The van der Waals surface area contributed by atoms with Gasteiger partial charge in [0.05, 0.1) is 6.54 Å². The van der Waals surface area contributed by atoms with E-state index in [4.69, 9.17) is 10.0 Å². The Hall–Kier alpha value is -2.19. The van der Waals surface area contributed by atoms with Gasteiger partial charge in [0.15, 0.2) is 0 Å². The fraction of sp³-hybridized carbons (Fsp3) is 0.182. The second-order valence-corrected chi connectivity index (χ2v) is 4.04. The van der Waals surface area contributed by atoms with Gasteiger partial charge in [-0.2, -0.15) is 0 Å². The number of imidazole rings is 1. The molecule has 0 unspecified atom stereocenters. The molecule has 0 saturated heterocycles. The molecule has 7 nitrogen and oxygen atoms in total. The molecular weight excluding hydrogens is 249 g/mol. The van der Waals surface area contributed by atoms with Crippen LogP contribution in [0.5, 0.6) is 0 Å². The molecule has 0 fully saturated rings. The van der Waals surface area contributed by atoms with Crippen LogP contribution in [0.2, 0.25) is 0 Å². The van der Waals surface area contributed by atoms with Crippen LogP contribution in [0, 0.1) is 10.1 Å². The number of hydrogen-bond donors (Lipinski definition) is 2. The van der Waals surface area contributed by atoms with Crippen molar-refractivity contribution in [2.45, 2.75) is 13.0 Å². The molecule has 2 rings (SSSR count). The highest BCUT2D eigenvalue weighted by molar-refractivity contribution is 6.58. The molecule has 0 aliphatic heterocycles. The van der Waals surface area contributed by atoms with Crippen molar-refractivity contribution >= 4 is 18.5 Å². The molecule has 98 valence electrons. The van der Waals surface area contributed by atoms with Crippen LogP contribution in [0.25, 0.3) is 0 Å². The van der Waals surface area contributed by atoms with Crippen LogP contribution in [-0.4, -0.2) is 31.6 Å². The maximum absolute atomic E-state index is 10.7. The van der Waals surface area contributed by atoms with E-state index in [0.29, 0.717) is 18.4 Å². The molecule has 0 aliphatic rings. The summed E-state index contributed by atoms with van der Waals surface area (Å²) in [5, 5.41) is 28.6. The van der Waals surface area contributed by atoms with Gasteiger partial charge in [-0.25, -0.2) is 4.57 Å². The minimum atomic E-state index is -1.48. The lowest BCUT2D eigenvalue weighted by molar-refractivity contribution is -0.396. The summed E-state index contributed by atoms with van der Waals surface area (Å²) in [5.41, 5.74) is 1.37. The molecular formula is C11H12BN3O4. The van der Waals surface area contributed by atoms with Crippen LogP contribution in [0.15, 0.2) is 36.7 Å². The van der Waals surface area contributed by atoms with Crippen molar-refractivity contribution < 1.29 is 15.0 Å². The Morgan fingerprint density at radius 2 is 2.00 bits per heavy atom. The predicted molar refractivity (Wildman–Crippen MR) is 68.9 cm³/mol. The van der Waals surface area contributed by atoms with E-state index in [1.54, 1.807) is 30.5 Å². The summed E-state index contributed by atoms with van der Waals surface area (Å²) in [5.74, 6) is -0.178. The third-order valence-electron chi connectivity index (χ3n) is 2.78. The summed E-state index contributed by atoms with van der Waals surface area (Å²) < 4.78 is 1.47. The van der Waals surface area contributed by atoms with Crippen LogP contribution in [0.1, 0.15) is 5.56 Å². The Balaban J connectivity index is 2.02. The van der Waals surface area contributed by atoms with E-state index in [1.165, 1.54) is 10.8 Å². The summed E-state index contributed by atoms with van der Waals surface area (Å²) >= 11 is 0. The molecule has 0 saturated carbocycles. The van der Waals surface area contributed by atoms with E-state index in [1.807, 2.05) is 0 Å². The topological polar surface area (TPSA) is 101 Å². The highest BCUT2D eigenvalue weighted by Crippen LogP contribution is 2.09. The fourth-order valence-electron chi connectivity index (χ4n) is 1.75. The Morgan fingerprint density at radius 1 is 1.32 bits per heavy atom. The number of nitrogens with zero attached hydrogens (tertiary/aromatic N) is 3. The standard InChI is InChI=1S/C11H12BN3O4/c16-12(17)10-3-1-9(2-4-10)5-7-14-8-6-13-11(14)15(18)19/h1-4,6,8,16-17H,5,7H2. The van der Waals surface area contributed by atoms with Gasteiger partial charge in [0, 0.05) is 6.42 Å². The van der Waals surface area contributed by atoms with Gasteiger partial charge in [0.2, 0.25) is 0 Å². The Kier molecular flexibility index (Phi) is 3.93. The number of hydrogen-bond acceptors (Lipinski definition) is 5. The van der Waals surface area contributed by atoms with Gasteiger partial charge in [-0.05, 0) is 15.9 Å². The summed E-state index contributed by atoms with van der Waals surface area (Å²) in [6, 6.07) is 6.75. The first-order chi connectivity index (χ1) is 9.08. The zero-order valence-electron chi connectivity index (χ0n) is 10.0. The number of aromatic nitrogens is 2. The fourth-order valence-corrected chi connectivity index (χ4v) is 1.75. The lowest BCUT2D eigenvalue weighted by atomic mass is 9.80. The van der Waals surface area contributed by atoms with Gasteiger partial charge in [-0.15, -0.1) is 0 Å². The molecule has 1 aromatic heterocycles. The van der Waals surface area contributed by atoms with E-state index in [2.05, 4.69) is 4.98 Å². The molecule has 0 atom stereocenters. The monoisotopic (exact) mass is 261 g/mol. The maximum Gasteiger partial charge on any atom is 0.488 e.